The molecule has 20 heavy (non-hydrogen) atoms. The normalized spacial score (nSPS) is 12.7. The summed E-state index contributed by atoms with van der Waals surface area (Å²) < 4.78 is 4.87. The lowest BCUT2D eigenvalue weighted by Gasteiger charge is -2.05. The highest BCUT2D eigenvalue weighted by molar-refractivity contribution is 5.83. The Morgan fingerprint density at radius 2 is 2.25 bits per heavy atom. The Bertz CT molecular complexity index is 762. The standard InChI is InChI=1S/C13H12N4O3/c14-9(12-16-11(13(18)19)17-20-12)5-7-6-15-10-4-2-1-3-8(7)10/h1-4,6,9,15H,5,14H2,(H,18,19)/t9-/m0/s1. The molecule has 1 atom stereocenters. The fraction of sp³-hybridized carbons (Fsp3) is 0.154. The molecule has 2 aromatic heterocycles. The molecule has 0 radical (unpaired) electrons. The van der Waals surface area contributed by atoms with Crippen LogP contribution in [0, 0.1) is 0 Å². The number of carboxylic acid groups (broad SMARTS) is 1. The van der Waals surface area contributed by atoms with Crippen molar-refractivity contribution < 1.29 is 14.4 Å². The van der Waals surface area contributed by atoms with E-state index < -0.39 is 12.0 Å². The van der Waals surface area contributed by atoms with Crippen molar-refractivity contribution in [3.63, 3.8) is 0 Å². The second-order valence-corrected chi connectivity index (χ2v) is 4.43. The molecule has 0 saturated carbocycles. The maximum atomic E-state index is 10.7. The van der Waals surface area contributed by atoms with E-state index in [0.717, 1.165) is 16.5 Å². The minimum absolute atomic E-state index is 0.118. The van der Waals surface area contributed by atoms with Crippen LogP contribution in [0.1, 0.15) is 28.1 Å². The van der Waals surface area contributed by atoms with Gasteiger partial charge in [-0.1, -0.05) is 18.2 Å². The third-order valence-electron chi connectivity index (χ3n) is 3.06. The topological polar surface area (TPSA) is 118 Å². The highest BCUT2D eigenvalue weighted by atomic mass is 16.5. The van der Waals surface area contributed by atoms with Gasteiger partial charge < -0.3 is 20.3 Å². The molecule has 0 bridgehead atoms. The minimum atomic E-state index is -1.24. The number of hydrogen-bond acceptors (Lipinski definition) is 5. The summed E-state index contributed by atoms with van der Waals surface area (Å²) in [7, 11) is 0. The van der Waals surface area contributed by atoms with Gasteiger partial charge in [-0.3, -0.25) is 0 Å². The average Bonchev–Trinajstić information content (AvgIpc) is 3.06. The molecule has 102 valence electrons. The van der Waals surface area contributed by atoms with Crippen LogP contribution >= 0.6 is 0 Å². The fourth-order valence-corrected chi connectivity index (χ4v) is 2.10. The largest absolute Gasteiger partial charge is 0.475 e. The smallest absolute Gasteiger partial charge is 0.377 e. The number of carbonyl (C=O) groups is 1. The summed E-state index contributed by atoms with van der Waals surface area (Å²) >= 11 is 0. The molecular formula is C13H12N4O3. The second kappa shape index (κ2) is 4.78. The molecule has 7 heteroatoms. The summed E-state index contributed by atoms with van der Waals surface area (Å²) in [5, 5.41) is 13.2. The van der Waals surface area contributed by atoms with Gasteiger partial charge >= 0.3 is 5.97 Å². The van der Waals surface area contributed by atoms with Gasteiger partial charge in [0, 0.05) is 17.1 Å². The Labute approximate surface area is 113 Å². The Hall–Kier alpha value is -2.67. The summed E-state index contributed by atoms with van der Waals surface area (Å²) in [5.41, 5.74) is 8.02. The van der Waals surface area contributed by atoms with E-state index in [9.17, 15) is 4.79 Å². The lowest BCUT2D eigenvalue weighted by Crippen LogP contribution is -2.14. The number of carboxylic acids is 1. The molecule has 0 fully saturated rings. The number of H-pyrrole nitrogens is 1. The number of aromatic carboxylic acids is 1. The van der Waals surface area contributed by atoms with Crippen LogP contribution in [0.5, 0.6) is 0 Å². The first kappa shape index (κ1) is 12.4. The Morgan fingerprint density at radius 3 is 3.00 bits per heavy atom. The van der Waals surface area contributed by atoms with Crippen LogP contribution < -0.4 is 5.73 Å². The number of hydrogen-bond donors (Lipinski definition) is 3. The minimum Gasteiger partial charge on any atom is -0.475 e. The Kier molecular flexibility index (Phi) is 2.96. The summed E-state index contributed by atoms with van der Waals surface area (Å²) in [6, 6.07) is 7.30. The van der Waals surface area contributed by atoms with Gasteiger partial charge in [-0.05, 0) is 23.2 Å². The van der Waals surface area contributed by atoms with Crippen LogP contribution in [-0.4, -0.2) is 26.2 Å². The number of nitrogens with zero attached hydrogens (tertiary/aromatic N) is 2. The molecule has 2 heterocycles. The van der Waals surface area contributed by atoms with Crippen molar-refractivity contribution in [3.05, 3.63) is 47.7 Å². The molecule has 0 saturated heterocycles. The molecular weight excluding hydrogens is 260 g/mol. The molecule has 0 aliphatic heterocycles. The van der Waals surface area contributed by atoms with E-state index >= 15 is 0 Å². The lowest BCUT2D eigenvalue weighted by atomic mass is 10.1. The predicted octanol–water partition coefficient (Wildman–Crippen LogP) is 1.49. The van der Waals surface area contributed by atoms with Gasteiger partial charge in [-0.25, -0.2) is 4.79 Å². The number of aromatic nitrogens is 3. The summed E-state index contributed by atoms with van der Waals surface area (Å²) in [6.07, 6.45) is 2.35. The molecule has 3 rings (SSSR count). The van der Waals surface area contributed by atoms with Gasteiger partial charge in [0.2, 0.25) is 5.89 Å². The zero-order chi connectivity index (χ0) is 14.1. The molecule has 1 aromatic carbocycles. The molecule has 3 aromatic rings. The van der Waals surface area contributed by atoms with E-state index in [0.29, 0.717) is 6.42 Å². The van der Waals surface area contributed by atoms with E-state index in [1.807, 2.05) is 30.5 Å². The second-order valence-electron chi connectivity index (χ2n) is 4.43. The number of fused-ring (bicyclic) bond motifs is 1. The molecule has 0 unspecified atom stereocenters. The maximum absolute atomic E-state index is 10.7. The zero-order valence-electron chi connectivity index (χ0n) is 10.4. The van der Waals surface area contributed by atoms with Gasteiger partial charge in [0.05, 0.1) is 6.04 Å². The molecule has 0 aliphatic rings. The van der Waals surface area contributed by atoms with Crippen LogP contribution in [-0.2, 0) is 6.42 Å². The number of rotatable bonds is 4. The van der Waals surface area contributed by atoms with E-state index in [-0.39, 0.29) is 11.7 Å². The van der Waals surface area contributed by atoms with Crippen LogP contribution in [0.2, 0.25) is 0 Å². The van der Waals surface area contributed by atoms with Gasteiger partial charge in [-0.15, -0.1) is 0 Å². The molecule has 7 nitrogen and oxygen atoms in total. The van der Waals surface area contributed by atoms with E-state index in [4.69, 9.17) is 15.4 Å². The van der Waals surface area contributed by atoms with E-state index in [1.54, 1.807) is 0 Å². The zero-order valence-corrected chi connectivity index (χ0v) is 10.4. The predicted molar refractivity (Wildman–Crippen MR) is 70.2 cm³/mol. The molecule has 0 amide bonds. The van der Waals surface area contributed by atoms with Crippen LogP contribution in [0.3, 0.4) is 0 Å². The van der Waals surface area contributed by atoms with Crippen molar-refractivity contribution in [1.29, 1.82) is 0 Å². The summed E-state index contributed by atoms with van der Waals surface area (Å²) in [5.74, 6) is -1.50. The van der Waals surface area contributed by atoms with E-state index in [2.05, 4.69) is 15.1 Å². The Balaban J connectivity index is 1.84. The van der Waals surface area contributed by atoms with Crippen molar-refractivity contribution in [3.8, 4) is 0 Å². The van der Waals surface area contributed by atoms with E-state index in [1.165, 1.54) is 0 Å². The first-order valence-electron chi connectivity index (χ1n) is 6.02. The fourth-order valence-electron chi connectivity index (χ4n) is 2.10. The van der Waals surface area contributed by atoms with Crippen molar-refractivity contribution in [2.75, 3.05) is 0 Å². The third-order valence-corrected chi connectivity index (χ3v) is 3.06. The molecule has 0 aliphatic carbocycles. The number of para-hydroxylation sites is 1. The quantitative estimate of drug-likeness (QED) is 0.662. The first-order chi connectivity index (χ1) is 9.65. The number of benzene rings is 1. The van der Waals surface area contributed by atoms with Crippen LogP contribution in [0.4, 0.5) is 0 Å². The van der Waals surface area contributed by atoms with Gasteiger partial charge in [0.1, 0.15) is 0 Å². The number of nitrogens with one attached hydrogen (secondary N) is 1. The number of aromatic amines is 1. The SMILES string of the molecule is N[C@@H](Cc1c[nH]c2ccccc12)c1nc(C(=O)O)no1. The number of nitrogens with two attached hydrogens (primary N) is 1. The molecule has 4 N–H and O–H groups in total. The lowest BCUT2D eigenvalue weighted by molar-refractivity contribution is 0.0680. The third kappa shape index (κ3) is 2.14. The summed E-state index contributed by atoms with van der Waals surface area (Å²) in [4.78, 5) is 17.6. The highest BCUT2D eigenvalue weighted by Gasteiger charge is 2.19. The van der Waals surface area contributed by atoms with Gasteiger partial charge in [0.25, 0.3) is 5.82 Å². The van der Waals surface area contributed by atoms with Crippen LogP contribution in [0.25, 0.3) is 10.9 Å². The molecule has 0 spiro atoms. The van der Waals surface area contributed by atoms with Crippen molar-refractivity contribution >= 4 is 16.9 Å². The summed E-state index contributed by atoms with van der Waals surface area (Å²) in [6.45, 7) is 0. The van der Waals surface area contributed by atoms with Crippen molar-refractivity contribution in [2.45, 2.75) is 12.5 Å². The Morgan fingerprint density at radius 1 is 1.45 bits per heavy atom. The van der Waals surface area contributed by atoms with Crippen LogP contribution in [0.15, 0.2) is 35.0 Å². The highest BCUT2D eigenvalue weighted by Crippen LogP contribution is 2.22. The maximum Gasteiger partial charge on any atom is 0.377 e. The van der Waals surface area contributed by atoms with Crippen molar-refractivity contribution in [2.24, 2.45) is 5.73 Å². The monoisotopic (exact) mass is 272 g/mol. The van der Waals surface area contributed by atoms with Gasteiger partial charge in [0.15, 0.2) is 0 Å². The first-order valence-corrected chi connectivity index (χ1v) is 6.02. The van der Waals surface area contributed by atoms with Gasteiger partial charge in [-0.2, -0.15) is 4.98 Å². The van der Waals surface area contributed by atoms with Crippen molar-refractivity contribution in [1.82, 2.24) is 15.1 Å². The average molecular weight is 272 g/mol.